The van der Waals surface area contributed by atoms with E-state index in [1.165, 1.54) is 16.7 Å². The molecule has 134 valence electrons. The summed E-state index contributed by atoms with van der Waals surface area (Å²) in [5.41, 5.74) is 2.43. The molecule has 1 N–H and O–H groups in total. The summed E-state index contributed by atoms with van der Waals surface area (Å²) < 4.78 is 0. The van der Waals surface area contributed by atoms with Gasteiger partial charge in [-0.05, 0) is 22.9 Å². The summed E-state index contributed by atoms with van der Waals surface area (Å²) in [6.45, 7) is 0. The molecule has 1 amide bonds. The Kier molecular flexibility index (Phi) is 4.56. The first-order valence-corrected chi connectivity index (χ1v) is 9.39. The molecule has 2 aromatic carbocycles. The van der Waals surface area contributed by atoms with Crippen LogP contribution in [0.5, 0.6) is 0 Å². The fourth-order valence-electron chi connectivity index (χ4n) is 3.00. The number of carbonyl (C=O) groups is 1. The third-order valence-electron chi connectivity index (χ3n) is 4.25. The molecule has 2 heterocycles. The average Bonchev–Trinajstić information content (AvgIpc) is 3.15. The van der Waals surface area contributed by atoms with Crippen molar-refractivity contribution in [2.45, 2.75) is 0 Å². The molecule has 4 rings (SSSR count). The number of nitrogens with one attached hydrogen (secondary N) is 1. The predicted molar refractivity (Wildman–Crippen MR) is 112 cm³/mol. The zero-order valence-corrected chi connectivity index (χ0v) is 15.8. The highest BCUT2D eigenvalue weighted by Crippen LogP contribution is 2.31. The van der Waals surface area contributed by atoms with E-state index in [2.05, 4.69) is 33.5 Å². The Morgan fingerprint density at radius 2 is 1.85 bits per heavy atom. The molecule has 0 fully saturated rings. The number of nitrogens with zero attached hydrogens (tertiary/aromatic N) is 3. The van der Waals surface area contributed by atoms with Crippen LogP contribution < -0.4 is 10.2 Å². The highest BCUT2D eigenvalue weighted by Gasteiger charge is 2.16. The molecular formula is C21H18N4OS. The second-order valence-corrected chi connectivity index (χ2v) is 7.15. The van der Waals surface area contributed by atoms with Crippen LogP contribution in [-0.2, 0) is 0 Å². The maximum Gasteiger partial charge on any atom is 0.261 e. The summed E-state index contributed by atoms with van der Waals surface area (Å²) in [7, 11) is 3.72. The average molecular weight is 374 g/mol. The summed E-state index contributed by atoms with van der Waals surface area (Å²) in [6, 6.07) is 17.9. The minimum atomic E-state index is -0.217. The van der Waals surface area contributed by atoms with Crippen molar-refractivity contribution in [1.29, 1.82) is 0 Å². The SMILES string of the molecule is CN(C)c1ncccc1C(=O)Nc1nc(-c2cccc3ccccc23)cs1. The zero-order valence-electron chi connectivity index (χ0n) is 15.0. The van der Waals surface area contributed by atoms with E-state index >= 15 is 0 Å². The summed E-state index contributed by atoms with van der Waals surface area (Å²) in [5.74, 6) is 0.409. The standard InChI is InChI=1S/C21H18N4OS/c1-25(2)19-17(11-6-12-22-19)20(26)24-21-23-18(13-27-21)16-10-5-8-14-7-3-4-9-15(14)16/h3-13H,1-2H3,(H,23,24,26). The highest BCUT2D eigenvalue weighted by molar-refractivity contribution is 7.14. The van der Waals surface area contributed by atoms with E-state index in [-0.39, 0.29) is 5.91 Å². The summed E-state index contributed by atoms with van der Waals surface area (Å²) in [4.78, 5) is 23.4. The second kappa shape index (κ2) is 7.17. The van der Waals surface area contributed by atoms with E-state index in [4.69, 9.17) is 0 Å². The van der Waals surface area contributed by atoms with Crippen LogP contribution in [0, 0.1) is 0 Å². The number of aromatic nitrogens is 2. The van der Waals surface area contributed by atoms with Crippen LogP contribution in [0.2, 0.25) is 0 Å². The fourth-order valence-corrected chi connectivity index (χ4v) is 3.70. The maximum absolute atomic E-state index is 12.7. The Hall–Kier alpha value is -3.25. The number of carbonyl (C=O) groups excluding carboxylic acids is 1. The van der Waals surface area contributed by atoms with Gasteiger partial charge in [0.2, 0.25) is 0 Å². The second-order valence-electron chi connectivity index (χ2n) is 6.29. The van der Waals surface area contributed by atoms with E-state index in [9.17, 15) is 4.79 Å². The molecule has 0 aliphatic carbocycles. The number of anilines is 2. The van der Waals surface area contributed by atoms with Crippen molar-refractivity contribution in [3.05, 3.63) is 71.7 Å². The molecule has 2 aromatic heterocycles. The van der Waals surface area contributed by atoms with E-state index in [0.717, 1.165) is 16.6 Å². The monoisotopic (exact) mass is 374 g/mol. The molecule has 0 atom stereocenters. The van der Waals surface area contributed by atoms with E-state index in [0.29, 0.717) is 16.5 Å². The van der Waals surface area contributed by atoms with Crippen LogP contribution in [0.15, 0.2) is 66.2 Å². The Balaban J connectivity index is 1.63. The Labute approximate surface area is 161 Å². The number of fused-ring (bicyclic) bond motifs is 1. The summed E-state index contributed by atoms with van der Waals surface area (Å²) in [6.07, 6.45) is 1.67. The third kappa shape index (κ3) is 3.39. The maximum atomic E-state index is 12.7. The fraction of sp³-hybridized carbons (Fsp3) is 0.0952. The Morgan fingerprint density at radius 3 is 2.70 bits per heavy atom. The Bertz CT molecular complexity index is 1110. The number of benzene rings is 2. The van der Waals surface area contributed by atoms with Crippen molar-refractivity contribution in [3.63, 3.8) is 0 Å². The molecule has 5 nitrogen and oxygen atoms in total. The van der Waals surface area contributed by atoms with Crippen LogP contribution >= 0.6 is 11.3 Å². The molecule has 0 bridgehead atoms. The van der Waals surface area contributed by atoms with Gasteiger partial charge in [0.05, 0.1) is 11.3 Å². The number of thiazole rings is 1. The van der Waals surface area contributed by atoms with Crippen molar-refractivity contribution in [1.82, 2.24) is 9.97 Å². The third-order valence-corrected chi connectivity index (χ3v) is 5.00. The van der Waals surface area contributed by atoms with Crippen molar-refractivity contribution >= 4 is 39.0 Å². The van der Waals surface area contributed by atoms with Crippen molar-refractivity contribution in [2.24, 2.45) is 0 Å². The molecule has 0 spiro atoms. The predicted octanol–water partition coefficient (Wildman–Crippen LogP) is 4.68. The largest absolute Gasteiger partial charge is 0.362 e. The van der Waals surface area contributed by atoms with Gasteiger partial charge in [0.15, 0.2) is 5.13 Å². The normalized spacial score (nSPS) is 10.7. The van der Waals surface area contributed by atoms with Gasteiger partial charge >= 0.3 is 0 Å². The van der Waals surface area contributed by atoms with Crippen LogP contribution in [0.1, 0.15) is 10.4 Å². The van der Waals surface area contributed by atoms with E-state index in [1.54, 1.807) is 18.3 Å². The summed E-state index contributed by atoms with van der Waals surface area (Å²) in [5, 5.41) is 7.74. The Morgan fingerprint density at radius 1 is 1.04 bits per heavy atom. The highest BCUT2D eigenvalue weighted by atomic mass is 32.1. The van der Waals surface area contributed by atoms with Crippen molar-refractivity contribution in [2.75, 3.05) is 24.3 Å². The first kappa shape index (κ1) is 17.2. The molecule has 0 aliphatic rings. The van der Waals surface area contributed by atoms with Gasteiger partial charge < -0.3 is 4.90 Å². The number of amides is 1. The van der Waals surface area contributed by atoms with Gasteiger partial charge in [-0.15, -0.1) is 11.3 Å². The van der Waals surface area contributed by atoms with Gasteiger partial charge in [0.1, 0.15) is 5.82 Å². The quantitative estimate of drug-likeness (QED) is 0.564. The van der Waals surface area contributed by atoms with Gasteiger partial charge in [-0.25, -0.2) is 9.97 Å². The van der Waals surface area contributed by atoms with Crippen LogP contribution in [0.25, 0.3) is 22.0 Å². The van der Waals surface area contributed by atoms with Gasteiger partial charge in [-0.1, -0.05) is 42.5 Å². The molecule has 6 heteroatoms. The minimum absolute atomic E-state index is 0.217. The van der Waals surface area contributed by atoms with Crippen molar-refractivity contribution in [3.8, 4) is 11.3 Å². The van der Waals surface area contributed by atoms with E-state index < -0.39 is 0 Å². The molecule has 0 saturated carbocycles. The number of pyridine rings is 1. The lowest BCUT2D eigenvalue weighted by Gasteiger charge is -2.14. The molecule has 0 saturated heterocycles. The number of hydrogen-bond acceptors (Lipinski definition) is 5. The first-order valence-electron chi connectivity index (χ1n) is 8.51. The first-order chi connectivity index (χ1) is 13.1. The molecule has 0 aliphatic heterocycles. The zero-order chi connectivity index (χ0) is 18.8. The van der Waals surface area contributed by atoms with Gasteiger partial charge in [-0.3, -0.25) is 10.1 Å². The molecule has 0 unspecified atom stereocenters. The topological polar surface area (TPSA) is 58.1 Å². The van der Waals surface area contributed by atoms with Crippen LogP contribution in [-0.4, -0.2) is 30.0 Å². The molecule has 27 heavy (non-hydrogen) atoms. The smallest absolute Gasteiger partial charge is 0.261 e. The summed E-state index contributed by atoms with van der Waals surface area (Å²) >= 11 is 1.41. The lowest BCUT2D eigenvalue weighted by Crippen LogP contribution is -2.19. The minimum Gasteiger partial charge on any atom is -0.362 e. The number of hydrogen-bond donors (Lipinski definition) is 1. The van der Waals surface area contributed by atoms with Gasteiger partial charge in [0, 0.05) is 31.2 Å². The lowest BCUT2D eigenvalue weighted by molar-refractivity contribution is 0.102. The number of rotatable bonds is 4. The van der Waals surface area contributed by atoms with Crippen molar-refractivity contribution < 1.29 is 4.79 Å². The van der Waals surface area contributed by atoms with Crippen LogP contribution in [0.3, 0.4) is 0 Å². The molecule has 4 aromatic rings. The van der Waals surface area contributed by atoms with Gasteiger partial charge in [-0.2, -0.15) is 0 Å². The van der Waals surface area contributed by atoms with Crippen LogP contribution in [0.4, 0.5) is 10.9 Å². The van der Waals surface area contributed by atoms with Gasteiger partial charge in [0.25, 0.3) is 5.91 Å². The molecule has 0 radical (unpaired) electrons. The van der Waals surface area contributed by atoms with E-state index in [1.807, 2.05) is 48.6 Å². The molecular weight excluding hydrogens is 356 g/mol. The lowest BCUT2D eigenvalue weighted by atomic mass is 10.0.